The molecule has 0 aliphatic carbocycles. The molecule has 0 saturated heterocycles. The van der Waals surface area contributed by atoms with Crippen molar-refractivity contribution < 1.29 is 14.3 Å². The zero-order valence-electron chi connectivity index (χ0n) is 12.5. The standard InChI is InChI=1S/C15H18N2O3S2/c1-3-20-12(18)5-4-7-16-14(19)13-10(2)17-15(22-13)11-6-8-21-9-11/h6,8-9H,3-5,7H2,1-2H3,(H,16,19). The van der Waals surface area contributed by atoms with Gasteiger partial charge in [0.25, 0.3) is 5.91 Å². The van der Waals surface area contributed by atoms with Crippen molar-refractivity contribution in [2.75, 3.05) is 13.2 Å². The number of hydrogen-bond acceptors (Lipinski definition) is 6. The van der Waals surface area contributed by atoms with Crippen molar-refractivity contribution in [3.63, 3.8) is 0 Å². The molecule has 0 spiro atoms. The third-order valence-electron chi connectivity index (χ3n) is 2.92. The lowest BCUT2D eigenvalue weighted by Crippen LogP contribution is -2.24. The van der Waals surface area contributed by atoms with Crippen LogP contribution in [-0.2, 0) is 9.53 Å². The van der Waals surface area contributed by atoms with Gasteiger partial charge in [0.2, 0.25) is 0 Å². The molecule has 1 N–H and O–H groups in total. The van der Waals surface area contributed by atoms with E-state index in [1.165, 1.54) is 11.3 Å². The Labute approximate surface area is 137 Å². The lowest BCUT2D eigenvalue weighted by Gasteiger charge is -2.04. The van der Waals surface area contributed by atoms with Crippen molar-refractivity contribution in [1.29, 1.82) is 0 Å². The van der Waals surface area contributed by atoms with Crippen LogP contribution in [0.5, 0.6) is 0 Å². The van der Waals surface area contributed by atoms with E-state index < -0.39 is 0 Å². The summed E-state index contributed by atoms with van der Waals surface area (Å²) in [5.74, 6) is -0.370. The Morgan fingerprint density at radius 3 is 2.91 bits per heavy atom. The monoisotopic (exact) mass is 338 g/mol. The minimum Gasteiger partial charge on any atom is -0.466 e. The summed E-state index contributed by atoms with van der Waals surface area (Å²) in [5.41, 5.74) is 1.77. The highest BCUT2D eigenvalue weighted by atomic mass is 32.1. The lowest BCUT2D eigenvalue weighted by atomic mass is 10.3. The number of nitrogens with one attached hydrogen (secondary N) is 1. The molecule has 2 rings (SSSR count). The maximum Gasteiger partial charge on any atom is 0.305 e. The van der Waals surface area contributed by atoms with E-state index in [1.807, 2.05) is 23.8 Å². The minimum absolute atomic E-state index is 0.139. The highest BCUT2D eigenvalue weighted by Crippen LogP contribution is 2.29. The summed E-state index contributed by atoms with van der Waals surface area (Å²) in [6.07, 6.45) is 0.885. The third kappa shape index (κ3) is 4.38. The Hall–Kier alpha value is -1.73. The van der Waals surface area contributed by atoms with Crippen LogP contribution in [0.2, 0.25) is 0 Å². The number of carbonyl (C=O) groups is 2. The number of aromatic nitrogens is 1. The van der Waals surface area contributed by atoms with E-state index in [1.54, 1.807) is 18.3 Å². The molecule has 5 nitrogen and oxygen atoms in total. The molecule has 2 aromatic heterocycles. The second-order valence-electron chi connectivity index (χ2n) is 4.61. The summed E-state index contributed by atoms with van der Waals surface area (Å²) in [7, 11) is 0. The second-order valence-corrected chi connectivity index (χ2v) is 6.39. The van der Waals surface area contributed by atoms with Gasteiger partial charge < -0.3 is 10.1 Å². The van der Waals surface area contributed by atoms with Gasteiger partial charge in [-0.05, 0) is 31.7 Å². The molecule has 1 amide bonds. The first-order valence-electron chi connectivity index (χ1n) is 7.05. The van der Waals surface area contributed by atoms with Crippen molar-refractivity contribution in [2.24, 2.45) is 0 Å². The van der Waals surface area contributed by atoms with Crippen LogP contribution in [-0.4, -0.2) is 30.0 Å². The molecule has 7 heteroatoms. The molecule has 2 aromatic rings. The van der Waals surface area contributed by atoms with Crippen LogP contribution in [0, 0.1) is 6.92 Å². The summed E-state index contributed by atoms with van der Waals surface area (Å²) in [6.45, 7) is 4.44. The van der Waals surface area contributed by atoms with Gasteiger partial charge in [-0.25, -0.2) is 4.98 Å². The Kier molecular flexibility index (Phi) is 6.09. The number of carbonyl (C=O) groups excluding carboxylic acids is 2. The molecule has 0 unspecified atom stereocenters. The number of thiophene rings is 1. The van der Waals surface area contributed by atoms with Crippen LogP contribution in [0.25, 0.3) is 10.6 Å². The number of nitrogens with zero attached hydrogens (tertiary/aromatic N) is 1. The molecular formula is C15H18N2O3S2. The summed E-state index contributed by atoms with van der Waals surface area (Å²) in [5, 5.41) is 7.68. The van der Waals surface area contributed by atoms with Gasteiger partial charge in [0.15, 0.2) is 0 Å². The average molecular weight is 338 g/mol. The second kappa shape index (κ2) is 8.05. The van der Waals surface area contributed by atoms with Crippen LogP contribution in [0.4, 0.5) is 0 Å². The number of thiazole rings is 1. The molecule has 0 bridgehead atoms. The van der Waals surface area contributed by atoms with E-state index in [9.17, 15) is 9.59 Å². The van der Waals surface area contributed by atoms with Gasteiger partial charge in [-0.1, -0.05) is 0 Å². The molecule has 0 radical (unpaired) electrons. The lowest BCUT2D eigenvalue weighted by molar-refractivity contribution is -0.143. The number of rotatable bonds is 7. The average Bonchev–Trinajstić information content (AvgIpc) is 3.12. The summed E-state index contributed by atoms with van der Waals surface area (Å²) >= 11 is 2.99. The van der Waals surface area contributed by atoms with Crippen LogP contribution in [0.1, 0.15) is 35.1 Å². The highest BCUT2D eigenvalue weighted by molar-refractivity contribution is 7.17. The van der Waals surface area contributed by atoms with Crippen LogP contribution in [0.3, 0.4) is 0 Å². The van der Waals surface area contributed by atoms with Crippen molar-refractivity contribution in [1.82, 2.24) is 10.3 Å². The topological polar surface area (TPSA) is 68.3 Å². The largest absolute Gasteiger partial charge is 0.466 e. The Bertz CT molecular complexity index is 635. The summed E-state index contributed by atoms with van der Waals surface area (Å²) in [4.78, 5) is 28.4. The zero-order chi connectivity index (χ0) is 15.9. The SMILES string of the molecule is CCOC(=O)CCCNC(=O)c1sc(-c2ccsc2)nc1C. The quantitative estimate of drug-likeness (QED) is 0.621. The first-order chi connectivity index (χ1) is 10.6. The van der Waals surface area contributed by atoms with Crippen LogP contribution >= 0.6 is 22.7 Å². The van der Waals surface area contributed by atoms with Gasteiger partial charge >= 0.3 is 5.97 Å². The van der Waals surface area contributed by atoms with E-state index in [0.717, 1.165) is 16.3 Å². The molecule has 0 atom stereocenters. The Balaban J connectivity index is 1.86. The molecular weight excluding hydrogens is 320 g/mol. The maximum absolute atomic E-state index is 12.2. The van der Waals surface area contributed by atoms with E-state index in [2.05, 4.69) is 10.3 Å². The van der Waals surface area contributed by atoms with Crippen molar-refractivity contribution in [3.05, 3.63) is 27.4 Å². The van der Waals surface area contributed by atoms with E-state index in [0.29, 0.717) is 30.9 Å². The molecule has 0 saturated carbocycles. The van der Waals surface area contributed by atoms with Gasteiger partial charge in [-0.2, -0.15) is 11.3 Å². The van der Waals surface area contributed by atoms with Gasteiger partial charge in [0.05, 0.1) is 12.3 Å². The fourth-order valence-electron chi connectivity index (χ4n) is 1.86. The van der Waals surface area contributed by atoms with Crippen LogP contribution < -0.4 is 5.32 Å². The van der Waals surface area contributed by atoms with Gasteiger partial charge in [0.1, 0.15) is 9.88 Å². The predicted molar refractivity (Wildman–Crippen MR) is 88.4 cm³/mol. The summed E-state index contributed by atoms with van der Waals surface area (Å²) < 4.78 is 4.84. The molecule has 0 aliphatic heterocycles. The first-order valence-corrected chi connectivity index (χ1v) is 8.81. The smallest absolute Gasteiger partial charge is 0.305 e. The van der Waals surface area contributed by atoms with Crippen molar-refractivity contribution >= 4 is 34.6 Å². The molecule has 0 aliphatic rings. The molecule has 0 fully saturated rings. The van der Waals surface area contributed by atoms with Gasteiger partial charge in [0, 0.05) is 23.9 Å². The van der Waals surface area contributed by atoms with E-state index in [-0.39, 0.29) is 11.9 Å². The van der Waals surface area contributed by atoms with Crippen molar-refractivity contribution in [2.45, 2.75) is 26.7 Å². The first kappa shape index (κ1) is 16.6. The van der Waals surface area contributed by atoms with E-state index in [4.69, 9.17) is 4.74 Å². The maximum atomic E-state index is 12.2. The molecule has 22 heavy (non-hydrogen) atoms. The third-order valence-corrected chi connectivity index (χ3v) is 4.81. The van der Waals surface area contributed by atoms with Gasteiger partial charge in [-0.15, -0.1) is 11.3 Å². The zero-order valence-corrected chi connectivity index (χ0v) is 14.2. The molecule has 2 heterocycles. The van der Waals surface area contributed by atoms with Gasteiger partial charge in [-0.3, -0.25) is 9.59 Å². The number of hydrogen-bond donors (Lipinski definition) is 1. The summed E-state index contributed by atoms with van der Waals surface area (Å²) in [6, 6.07) is 1.99. The minimum atomic E-state index is -0.231. The highest BCUT2D eigenvalue weighted by Gasteiger charge is 2.16. The number of esters is 1. The number of ether oxygens (including phenoxy) is 1. The number of aryl methyl sites for hydroxylation is 1. The predicted octanol–water partition coefficient (Wildman–Crippen LogP) is 3.25. The Morgan fingerprint density at radius 2 is 2.23 bits per heavy atom. The van der Waals surface area contributed by atoms with E-state index >= 15 is 0 Å². The fourth-order valence-corrected chi connectivity index (χ4v) is 3.56. The normalized spacial score (nSPS) is 10.5. The number of amides is 1. The van der Waals surface area contributed by atoms with Crippen molar-refractivity contribution in [3.8, 4) is 10.6 Å². The van der Waals surface area contributed by atoms with Crippen LogP contribution in [0.15, 0.2) is 16.8 Å². The molecule has 0 aromatic carbocycles. The molecule has 118 valence electrons. The Morgan fingerprint density at radius 1 is 1.41 bits per heavy atom. The fraction of sp³-hybridized carbons (Fsp3) is 0.400.